The SMILES string of the molecule is CCCC[C@H]1CC[C@H](CCc2ncc(-c3ccc(CCC)cc3)cn2)CC1. The fourth-order valence-corrected chi connectivity index (χ4v) is 4.42. The number of hydrogen-bond donors (Lipinski definition) is 0. The second-order valence-corrected chi connectivity index (χ2v) is 8.40. The average Bonchev–Trinajstić information content (AvgIpc) is 2.73. The Morgan fingerprint density at radius 2 is 1.37 bits per heavy atom. The van der Waals surface area contributed by atoms with Crippen LogP contribution in [0.1, 0.15) is 83.0 Å². The summed E-state index contributed by atoms with van der Waals surface area (Å²) in [5.41, 5.74) is 3.74. The Bertz CT molecular complexity index is 652. The molecule has 0 radical (unpaired) electrons. The summed E-state index contributed by atoms with van der Waals surface area (Å²) in [5.74, 6) is 2.90. The molecular weight excluding hydrogens is 328 g/mol. The maximum absolute atomic E-state index is 4.64. The van der Waals surface area contributed by atoms with Crippen LogP contribution in [0.15, 0.2) is 36.7 Å². The van der Waals surface area contributed by atoms with E-state index in [0.717, 1.165) is 36.1 Å². The predicted molar refractivity (Wildman–Crippen MR) is 115 cm³/mol. The van der Waals surface area contributed by atoms with E-state index in [0.29, 0.717) is 0 Å². The van der Waals surface area contributed by atoms with Crippen molar-refractivity contribution in [1.82, 2.24) is 9.97 Å². The first-order valence-electron chi connectivity index (χ1n) is 11.2. The predicted octanol–water partition coefficient (Wildman–Crippen LogP) is 7.03. The summed E-state index contributed by atoms with van der Waals surface area (Å²) < 4.78 is 0. The Balaban J connectivity index is 1.45. The van der Waals surface area contributed by atoms with Gasteiger partial charge < -0.3 is 0 Å². The molecule has 0 spiro atoms. The number of rotatable bonds is 9. The summed E-state index contributed by atoms with van der Waals surface area (Å²) in [6.07, 6.45) is 18.5. The van der Waals surface area contributed by atoms with Crippen molar-refractivity contribution in [1.29, 1.82) is 0 Å². The number of aryl methyl sites for hydroxylation is 2. The molecule has 1 aliphatic rings. The fraction of sp³-hybridized carbons (Fsp3) is 0.600. The maximum atomic E-state index is 4.64. The lowest BCUT2D eigenvalue weighted by atomic mass is 9.78. The molecule has 146 valence electrons. The van der Waals surface area contributed by atoms with E-state index < -0.39 is 0 Å². The van der Waals surface area contributed by atoms with Gasteiger partial charge in [0.05, 0.1) is 0 Å². The minimum Gasteiger partial charge on any atom is -0.241 e. The van der Waals surface area contributed by atoms with Crippen molar-refractivity contribution in [2.75, 3.05) is 0 Å². The van der Waals surface area contributed by atoms with Gasteiger partial charge in [0.1, 0.15) is 5.82 Å². The van der Waals surface area contributed by atoms with E-state index >= 15 is 0 Å². The van der Waals surface area contributed by atoms with Crippen molar-refractivity contribution in [3.63, 3.8) is 0 Å². The molecule has 2 nitrogen and oxygen atoms in total. The van der Waals surface area contributed by atoms with Crippen LogP contribution in [0.2, 0.25) is 0 Å². The van der Waals surface area contributed by atoms with Gasteiger partial charge in [-0.25, -0.2) is 9.97 Å². The Morgan fingerprint density at radius 1 is 0.741 bits per heavy atom. The van der Waals surface area contributed by atoms with Gasteiger partial charge in [-0.1, -0.05) is 89.5 Å². The highest BCUT2D eigenvalue weighted by molar-refractivity contribution is 5.61. The van der Waals surface area contributed by atoms with Gasteiger partial charge >= 0.3 is 0 Å². The van der Waals surface area contributed by atoms with Crippen LogP contribution in [0.5, 0.6) is 0 Å². The van der Waals surface area contributed by atoms with Crippen molar-refractivity contribution in [3.8, 4) is 11.1 Å². The minimum atomic E-state index is 0.886. The number of hydrogen-bond acceptors (Lipinski definition) is 2. The van der Waals surface area contributed by atoms with Gasteiger partial charge in [0.25, 0.3) is 0 Å². The normalized spacial score (nSPS) is 19.9. The molecular formula is C25H36N2. The van der Waals surface area contributed by atoms with Crippen molar-refractivity contribution >= 4 is 0 Å². The average molecular weight is 365 g/mol. The molecule has 2 aromatic rings. The van der Waals surface area contributed by atoms with Crippen molar-refractivity contribution in [2.45, 2.75) is 84.5 Å². The molecule has 0 amide bonds. The first-order chi connectivity index (χ1) is 13.3. The second-order valence-electron chi connectivity index (χ2n) is 8.40. The van der Waals surface area contributed by atoms with Gasteiger partial charge in [-0.05, 0) is 35.8 Å². The number of nitrogens with zero attached hydrogens (tertiary/aromatic N) is 2. The lowest BCUT2D eigenvalue weighted by molar-refractivity contribution is 0.249. The highest BCUT2D eigenvalue weighted by atomic mass is 14.9. The van der Waals surface area contributed by atoms with Gasteiger partial charge in [-0.2, -0.15) is 0 Å². The highest BCUT2D eigenvalue weighted by Gasteiger charge is 2.20. The van der Waals surface area contributed by atoms with E-state index in [9.17, 15) is 0 Å². The summed E-state index contributed by atoms with van der Waals surface area (Å²) in [6, 6.07) is 8.84. The monoisotopic (exact) mass is 364 g/mol. The number of aromatic nitrogens is 2. The van der Waals surface area contributed by atoms with Gasteiger partial charge in [-0.3, -0.25) is 0 Å². The molecule has 0 aliphatic heterocycles. The molecule has 1 saturated carbocycles. The Labute approximate surface area is 165 Å². The third kappa shape index (κ3) is 6.16. The van der Waals surface area contributed by atoms with E-state index in [1.54, 1.807) is 0 Å². The summed E-state index contributed by atoms with van der Waals surface area (Å²) in [5, 5.41) is 0. The van der Waals surface area contributed by atoms with Gasteiger partial charge in [0.2, 0.25) is 0 Å². The molecule has 2 heteroatoms. The van der Waals surface area contributed by atoms with Crippen LogP contribution in [0.4, 0.5) is 0 Å². The molecule has 0 bridgehead atoms. The number of unbranched alkanes of at least 4 members (excludes halogenated alkanes) is 1. The lowest BCUT2D eigenvalue weighted by Crippen LogP contribution is -2.15. The van der Waals surface area contributed by atoms with E-state index in [1.807, 2.05) is 12.4 Å². The molecule has 1 aliphatic carbocycles. The molecule has 0 saturated heterocycles. The van der Waals surface area contributed by atoms with E-state index in [4.69, 9.17) is 0 Å². The summed E-state index contributed by atoms with van der Waals surface area (Å²) in [4.78, 5) is 9.29. The Kier molecular flexibility index (Phi) is 7.86. The molecule has 1 heterocycles. The smallest absolute Gasteiger partial charge is 0.128 e. The summed E-state index contributed by atoms with van der Waals surface area (Å²) in [6.45, 7) is 4.52. The standard InChI is InChI=1S/C25H36N2/c1-3-5-7-21-8-10-22(11-9-21)14-17-25-26-18-24(19-27-25)23-15-12-20(6-4-2)13-16-23/h12-13,15-16,18-19,21-22H,3-11,14,17H2,1-2H3/t21-,22-. The molecule has 0 atom stereocenters. The van der Waals surface area contributed by atoms with E-state index in [2.05, 4.69) is 48.1 Å². The zero-order chi connectivity index (χ0) is 18.9. The first kappa shape index (κ1) is 20.0. The molecule has 3 rings (SSSR count). The molecule has 0 unspecified atom stereocenters. The Morgan fingerprint density at radius 3 is 1.96 bits per heavy atom. The van der Waals surface area contributed by atoms with Crippen LogP contribution in [0.25, 0.3) is 11.1 Å². The molecule has 1 aromatic carbocycles. The molecule has 1 fully saturated rings. The minimum absolute atomic E-state index is 0.886. The van der Waals surface area contributed by atoms with E-state index in [-0.39, 0.29) is 0 Å². The van der Waals surface area contributed by atoms with Gasteiger partial charge in [0, 0.05) is 24.4 Å². The molecule has 1 aromatic heterocycles. The van der Waals surface area contributed by atoms with Crippen LogP contribution in [0.3, 0.4) is 0 Å². The second kappa shape index (κ2) is 10.6. The fourth-order valence-electron chi connectivity index (χ4n) is 4.42. The van der Waals surface area contributed by atoms with Crippen molar-refractivity contribution in [2.24, 2.45) is 11.8 Å². The zero-order valence-corrected chi connectivity index (χ0v) is 17.3. The van der Waals surface area contributed by atoms with Gasteiger partial charge in [-0.15, -0.1) is 0 Å². The third-order valence-electron chi connectivity index (χ3n) is 6.24. The zero-order valence-electron chi connectivity index (χ0n) is 17.3. The largest absolute Gasteiger partial charge is 0.241 e. The van der Waals surface area contributed by atoms with Crippen LogP contribution in [-0.4, -0.2) is 9.97 Å². The van der Waals surface area contributed by atoms with Crippen molar-refractivity contribution < 1.29 is 0 Å². The summed E-state index contributed by atoms with van der Waals surface area (Å²) in [7, 11) is 0. The lowest BCUT2D eigenvalue weighted by Gasteiger charge is -2.28. The van der Waals surface area contributed by atoms with Crippen LogP contribution in [0, 0.1) is 11.8 Å². The van der Waals surface area contributed by atoms with Crippen molar-refractivity contribution in [3.05, 3.63) is 48.0 Å². The van der Waals surface area contributed by atoms with E-state index in [1.165, 1.54) is 68.9 Å². The van der Waals surface area contributed by atoms with Crippen LogP contribution >= 0.6 is 0 Å². The quantitative estimate of drug-likeness (QED) is 0.477. The van der Waals surface area contributed by atoms with Crippen LogP contribution in [-0.2, 0) is 12.8 Å². The Hall–Kier alpha value is -1.70. The van der Waals surface area contributed by atoms with Gasteiger partial charge in [0.15, 0.2) is 0 Å². The highest BCUT2D eigenvalue weighted by Crippen LogP contribution is 2.34. The third-order valence-corrected chi connectivity index (χ3v) is 6.24. The maximum Gasteiger partial charge on any atom is 0.128 e. The summed E-state index contributed by atoms with van der Waals surface area (Å²) >= 11 is 0. The first-order valence-corrected chi connectivity index (χ1v) is 11.2. The topological polar surface area (TPSA) is 25.8 Å². The molecule has 27 heavy (non-hydrogen) atoms. The number of benzene rings is 1. The molecule has 0 N–H and O–H groups in total. The van der Waals surface area contributed by atoms with Crippen LogP contribution < -0.4 is 0 Å².